The van der Waals surface area contributed by atoms with Crippen molar-refractivity contribution in [1.29, 1.82) is 0 Å². The Labute approximate surface area is 162 Å². The number of unbranched alkanes of at least 4 members (excludes halogenated alkanes) is 1. The quantitative estimate of drug-likeness (QED) is 0.746. The van der Waals surface area contributed by atoms with Gasteiger partial charge in [0.05, 0.1) is 6.10 Å². The van der Waals surface area contributed by atoms with Crippen molar-refractivity contribution in [2.24, 2.45) is 10.7 Å². The zero-order chi connectivity index (χ0) is 20.3. The average molecular weight is 389 g/mol. The number of hydrogen-bond acceptors (Lipinski definition) is 4. The second-order valence-electron chi connectivity index (χ2n) is 6.89. The normalized spacial score (nSPS) is 22.0. The molecule has 2 heterocycles. The first kappa shape index (κ1) is 20.2. The first-order valence-electron chi connectivity index (χ1n) is 9.39. The van der Waals surface area contributed by atoms with Gasteiger partial charge in [0.15, 0.2) is 11.6 Å². The molecule has 28 heavy (non-hydrogen) atoms. The van der Waals surface area contributed by atoms with Gasteiger partial charge >= 0.3 is 0 Å². The highest BCUT2D eigenvalue weighted by atomic mass is 19.2. The summed E-state index contributed by atoms with van der Waals surface area (Å²) >= 11 is 0. The molecule has 3 N–H and O–H groups in total. The summed E-state index contributed by atoms with van der Waals surface area (Å²) in [6.45, 7) is 6.14. The van der Waals surface area contributed by atoms with Crippen LogP contribution < -0.4 is 16.3 Å². The largest absolute Gasteiger partial charge is 0.386 e. The average Bonchev–Trinajstić information content (AvgIpc) is 3.30. The zero-order valence-corrected chi connectivity index (χ0v) is 15.8. The van der Waals surface area contributed by atoms with Gasteiger partial charge in [-0.15, -0.1) is 0 Å². The smallest absolute Gasteiger partial charge is 0.159 e. The van der Waals surface area contributed by atoms with Crippen molar-refractivity contribution < 1.29 is 18.6 Å². The number of ether oxygens (including phenoxy) is 1. The van der Waals surface area contributed by atoms with E-state index in [0.717, 1.165) is 30.2 Å². The van der Waals surface area contributed by atoms with Crippen LogP contribution in [0.15, 0.2) is 35.5 Å². The maximum absolute atomic E-state index is 13.4. The monoisotopic (exact) mass is 389 g/mol. The van der Waals surface area contributed by atoms with Gasteiger partial charge in [-0.3, -0.25) is 0 Å². The Kier molecular flexibility index (Phi) is 6.26. The van der Waals surface area contributed by atoms with Crippen molar-refractivity contribution in [3.05, 3.63) is 58.2 Å². The van der Waals surface area contributed by atoms with Crippen molar-refractivity contribution >= 4 is 18.6 Å². The van der Waals surface area contributed by atoms with Gasteiger partial charge in [0.25, 0.3) is 0 Å². The van der Waals surface area contributed by atoms with E-state index in [4.69, 9.17) is 10.5 Å². The molecule has 1 saturated heterocycles. The Morgan fingerprint density at radius 3 is 2.89 bits per heavy atom. The Bertz CT molecular complexity index is 971. The fourth-order valence-corrected chi connectivity index (χ4v) is 3.34. The summed E-state index contributed by atoms with van der Waals surface area (Å²) in [4.78, 5) is 4.25. The van der Waals surface area contributed by atoms with Gasteiger partial charge in [-0.1, -0.05) is 26.0 Å². The molecule has 0 radical (unpaired) electrons. The fourth-order valence-electron chi connectivity index (χ4n) is 3.34. The summed E-state index contributed by atoms with van der Waals surface area (Å²) in [6.07, 6.45) is 4.80. The molecule has 0 amide bonds. The lowest BCUT2D eigenvalue weighted by Crippen LogP contribution is -2.33. The molecule has 3 rings (SSSR count). The van der Waals surface area contributed by atoms with Crippen LogP contribution in [0.4, 0.5) is 8.78 Å². The van der Waals surface area contributed by atoms with Crippen molar-refractivity contribution in [2.75, 3.05) is 0 Å². The number of aliphatic imine (C=N–C) groups is 1. The lowest BCUT2D eigenvalue weighted by Gasteiger charge is -2.20. The van der Waals surface area contributed by atoms with Gasteiger partial charge < -0.3 is 20.1 Å². The number of nitrogens with two attached hydrogens (primary N) is 1. The summed E-state index contributed by atoms with van der Waals surface area (Å²) in [5.41, 5.74) is 6.33. The van der Waals surface area contributed by atoms with E-state index in [2.05, 4.69) is 18.5 Å². The minimum Gasteiger partial charge on any atom is -0.386 e. The molecule has 1 aromatic heterocycles. The van der Waals surface area contributed by atoms with E-state index in [9.17, 15) is 13.9 Å². The number of halogens is 2. The molecule has 1 aliphatic heterocycles. The molecule has 3 unspecified atom stereocenters. The molecule has 1 aliphatic rings. The topological polar surface area (TPSA) is 72.8 Å². The van der Waals surface area contributed by atoms with Gasteiger partial charge in [0.1, 0.15) is 18.2 Å². The number of aromatic nitrogens is 1. The SMILES string of the molecule is C=c1/c(=C(N)\N=C/CCC)ccn1C1CCC(C(O)c2ccc(F)c(F)c2)O1. The Morgan fingerprint density at radius 2 is 2.18 bits per heavy atom. The number of aliphatic hydroxyl groups excluding tert-OH is 1. The third-order valence-electron chi connectivity index (χ3n) is 4.93. The molecule has 0 saturated carbocycles. The van der Waals surface area contributed by atoms with E-state index in [1.54, 1.807) is 6.21 Å². The second-order valence-corrected chi connectivity index (χ2v) is 6.89. The van der Waals surface area contributed by atoms with Crippen molar-refractivity contribution in [3.63, 3.8) is 0 Å². The van der Waals surface area contributed by atoms with E-state index in [-0.39, 0.29) is 11.8 Å². The first-order valence-corrected chi connectivity index (χ1v) is 9.39. The lowest BCUT2D eigenvalue weighted by atomic mass is 10.0. The van der Waals surface area contributed by atoms with Crippen molar-refractivity contribution in [1.82, 2.24) is 4.57 Å². The summed E-state index contributed by atoms with van der Waals surface area (Å²) < 4.78 is 34.4. The highest BCUT2D eigenvalue weighted by molar-refractivity contribution is 5.64. The van der Waals surface area contributed by atoms with Gasteiger partial charge in [0, 0.05) is 23.0 Å². The zero-order valence-electron chi connectivity index (χ0n) is 15.8. The molecular formula is C21H25F2N3O2. The standard InChI is InChI=1S/C21H25F2N3O2/c1-3-4-10-25-21(24)15-9-11-26(13(15)2)19-8-7-18(28-19)20(27)14-5-6-16(22)17(23)12-14/h5-6,9-12,18-20,27H,2-4,7-8,24H2,1H3/b21-15-,25-10-. The highest BCUT2D eigenvalue weighted by Crippen LogP contribution is 2.34. The molecule has 0 spiro atoms. The highest BCUT2D eigenvalue weighted by Gasteiger charge is 2.32. The maximum atomic E-state index is 13.4. The van der Waals surface area contributed by atoms with E-state index in [0.29, 0.717) is 24.0 Å². The lowest BCUT2D eigenvalue weighted by molar-refractivity contribution is -0.0612. The summed E-state index contributed by atoms with van der Waals surface area (Å²) in [5.74, 6) is -1.54. The minimum absolute atomic E-state index is 0.287. The van der Waals surface area contributed by atoms with Crippen LogP contribution >= 0.6 is 0 Å². The third-order valence-corrected chi connectivity index (χ3v) is 4.93. The predicted molar refractivity (Wildman–Crippen MR) is 105 cm³/mol. The van der Waals surface area contributed by atoms with Crippen LogP contribution in [-0.4, -0.2) is 22.0 Å². The molecule has 1 aromatic carbocycles. The van der Waals surface area contributed by atoms with E-state index < -0.39 is 23.8 Å². The van der Waals surface area contributed by atoms with Crippen molar-refractivity contribution in [3.8, 4) is 0 Å². The van der Waals surface area contributed by atoms with Crippen LogP contribution in [0.1, 0.15) is 50.5 Å². The van der Waals surface area contributed by atoms with Crippen LogP contribution in [0.2, 0.25) is 0 Å². The number of benzene rings is 1. The summed E-state index contributed by atoms with van der Waals surface area (Å²) in [5, 5.41) is 11.9. The molecule has 1 fully saturated rings. The molecule has 150 valence electrons. The number of nitrogens with zero attached hydrogens (tertiary/aromatic N) is 2. The minimum atomic E-state index is -1.04. The molecule has 5 nitrogen and oxygen atoms in total. The van der Waals surface area contributed by atoms with E-state index in [1.165, 1.54) is 6.07 Å². The van der Waals surface area contributed by atoms with E-state index >= 15 is 0 Å². The van der Waals surface area contributed by atoms with Crippen LogP contribution in [0.25, 0.3) is 12.4 Å². The Balaban J connectivity index is 1.76. The number of rotatable bonds is 6. The van der Waals surface area contributed by atoms with Crippen LogP contribution in [-0.2, 0) is 4.74 Å². The van der Waals surface area contributed by atoms with Crippen LogP contribution in [0, 0.1) is 11.6 Å². The molecule has 7 heteroatoms. The van der Waals surface area contributed by atoms with Gasteiger partial charge in [-0.25, -0.2) is 13.8 Å². The van der Waals surface area contributed by atoms with Gasteiger partial charge in [-0.2, -0.15) is 0 Å². The number of hydrogen-bond donors (Lipinski definition) is 2. The third kappa shape index (κ3) is 4.15. The summed E-state index contributed by atoms with van der Waals surface area (Å²) in [7, 11) is 0. The summed E-state index contributed by atoms with van der Waals surface area (Å²) in [6, 6.07) is 5.21. The van der Waals surface area contributed by atoms with Crippen LogP contribution in [0.5, 0.6) is 0 Å². The maximum Gasteiger partial charge on any atom is 0.159 e. The molecular weight excluding hydrogens is 364 g/mol. The van der Waals surface area contributed by atoms with Gasteiger partial charge in [0.2, 0.25) is 0 Å². The first-order chi connectivity index (χ1) is 13.4. The van der Waals surface area contributed by atoms with Crippen LogP contribution in [0.3, 0.4) is 0 Å². The molecule has 0 bridgehead atoms. The van der Waals surface area contributed by atoms with E-state index in [1.807, 2.05) is 16.8 Å². The predicted octanol–water partition coefficient (Wildman–Crippen LogP) is 2.48. The fraction of sp³-hybridized carbons (Fsp3) is 0.381. The molecule has 3 atom stereocenters. The second kappa shape index (κ2) is 8.67. The Morgan fingerprint density at radius 1 is 1.39 bits per heavy atom. The molecule has 2 aromatic rings. The Hall–Kier alpha value is -2.51. The molecule has 0 aliphatic carbocycles. The van der Waals surface area contributed by atoms with Gasteiger partial charge in [-0.05, 0) is 43.0 Å². The number of aliphatic hydroxyl groups is 1. The van der Waals surface area contributed by atoms with Crippen molar-refractivity contribution in [2.45, 2.75) is 51.0 Å².